The van der Waals surface area contributed by atoms with E-state index in [0.29, 0.717) is 12.1 Å². The average molecular weight is 310 g/mol. The van der Waals surface area contributed by atoms with Crippen molar-refractivity contribution in [3.05, 3.63) is 57.9 Å². The number of aryl methyl sites for hydroxylation is 1. The fourth-order valence-corrected chi connectivity index (χ4v) is 2.66. The second-order valence-corrected chi connectivity index (χ2v) is 6.07. The lowest BCUT2D eigenvalue weighted by molar-refractivity contribution is 0.0991. The summed E-state index contributed by atoms with van der Waals surface area (Å²) in [5.41, 5.74) is 3.80. The van der Waals surface area contributed by atoms with Gasteiger partial charge in [-0.15, -0.1) is 11.6 Å². The molecule has 0 saturated heterocycles. The molecule has 2 rings (SSSR count). The maximum Gasteiger partial charge on any atom is 0.182 e. The maximum absolute atomic E-state index is 12.1. The van der Waals surface area contributed by atoms with Crippen LogP contribution in [0, 0.1) is 13.8 Å². The summed E-state index contributed by atoms with van der Waals surface area (Å²) < 4.78 is 2.11. The first kappa shape index (κ1) is 15.1. The Morgan fingerprint density at radius 3 is 2.60 bits per heavy atom. The zero-order valence-corrected chi connectivity index (χ0v) is 13.3. The Morgan fingerprint density at radius 2 is 2.00 bits per heavy atom. The molecule has 0 radical (unpaired) electrons. The molecule has 0 bridgehead atoms. The van der Waals surface area contributed by atoms with Crippen LogP contribution in [0.4, 0.5) is 0 Å². The maximum atomic E-state index is 12.1. The molecular formula is C16H17Cl2NO. The summed E-state index contributed by atoms with van der Waals surface area (Å²) in [7, 11) is 0. The largest absolute Gasteiger partial charge is 0.344 e. The van der Waals surface area contributed by atoms with E-state index in [1.807, 2.05) is 44.2 Å². The van der Waals surface area contributed by atoms with Crippen LogP contribution >= 0.6 is 23.2 Å². The first-order valence-corrected chi connectivity index (χ1v) is 7.31. The summed E-state index contributed by atoms with van der Waals surface area (Å²) in [5.74, 6) is -0.0305. The molecule has 0 N–H and O–H groups in total. The van der Waals surface area contributed by atoms with Crippen LogP contribution in [0.2, 0.25) is 5.02 Å². The molecule has 1 unspecified atom stereocenters. The number of hydrogen-bond donors (Lipinski definition) is 0. The number of aromatic nitrogens is 1. The second-order valence-electron chi connectivity index (χ2n) is 4.98. The lowest BCUT2D eigenvalue weighted by Crippen LogP contribution is -2.12. The Balaban J connectivity index is 2.36. The van der Waals surface area contributed by atoms with E-state index >= 15 is 0 Å². The first-order chi connectivity index (χ1) is 9.40. The molecule has 0 aliphatic rings. The number of hydrogen-bond acceptors (Lipinski definition) is 1. The Bertz CT molecular complexity index is 644. The molecule has 2 nitrogen and oxygen atoms in total. The van der Waals surface area contributed by atoms with Gasteiger partial charge in [0.15, 0.2) is 5.78 Å². The molecule has 1 aromatic heterocycles. The van der Waals surface area contributed by atoms with Gasteiger partial charge < -0.3 is 4.57 Å². The van der Waals surface area contributed by atoms with Crippen LogP contribution < -0.4 is 0 Å². The lowest BCUT2D eigenvalue weighted by atomic mass is 10.1. The van der Waals surface area contributed by atoms with Crippen molar-refractivity contribution in [3.63, 3.8) is 0 Å². The minimum atomic E-state index is -0.505. The van der Waals surface area contributed by atoms with Crippen LogP contribution in [0.15, 0.2) is 30.3 Å². The number of Topliss-reactive ketones (excluding diaryl/α,β-unsaturated/α-hetero) is 1. The summed E-state index contributed by atoms with van der Waals surface area (Å²) in [5, 5.41) is 0.214. The topological polar surface area (TPSA) is 22.0 Å². The van der Waals surface area contributed by atoms with Gasteiger partial charge in [0, 0.05) is 28.5 Å². The molecule has 20 heavy (non-hydrogen) atoms. The van der Waals surface area contributed by atoms with Crippen molar-refractivity contribution in [2.24, 2.45) is 0 Å². The molecule has 0 aliphatic heterocycles. The normalized spacial score (nSPS) is 12.4. The van der Waals surface area contributed by atoms with Gasteiger partial charge in [-0.05, 0) is 44.5 Å². The SMILES string of the molecule is Cc1cc(C(=O)C(C)Cl)c(C)n1Cc1cccc(Cl)c1. The minimum absolute atomic E-state index is 0.0305. The number of nitrogens with zero attached hydrogens (tertiary/aromatic N) is 1. The molecule has 0 amide bonds. The van der Waals surface area contributed by atoms with Gasteiger partial charge in [-0.3, -0.25) is 4.79 Å². The first-order valence-electron chi connectivity index (χ1n) is 6.49. The minimum Gasteiger partial charge on any atom is -0.344 e. The monoisotopic (exact) mass is 309 g/mol. The average Bonchev–Trinajstić information content (AvgIpc) is 2.66. The summed E-state index contributed by atoms with van der Waals surface area (Å²) in [4.78, 5) is 12.1. The van der Waals surface area contributed by atoms with Gasteiger partial charge >= 0.3 is 0 Å². The molecule has 2 aromatic rings. The highest BCUT2D eigenvalue weighted by Gasteiger charge is 2.19. The number of rotatable bonds is 4. The van der Waals surface area contributed by atoms with Crippen molar-refractivity contribution in [1.82, 2.24) is 4.57 Å². The number of carbonyl (C=O) groups is 1. The van der Waals surface area contributed by atoms with Crippen LogP contribution in [0.1, 0.15) is 34.2 Å². The highest BCUT2D eigenvalue weighted by Crippen LogP contribution is 2.21. The number of carbonyl (C=O) groups excluding carboxylic acids is 1. The fraction of sp³-hybridized carbons (Fsp3) is 0.312. The Morgan fingerprint density at radius 1 is 1.30 bits per heavy atom. The standard InChI is InChI=1S/C16H17Cl2NO/c1-10-7-15(16(20)11(2)17)12(3)19(10)9-13-5-4-6-14(18)8-13/h4-8,11H,9H2,1-3H3. The van der Waals surface area contributed by atoms with E-state index in [-0.39, 0.29) is 5.78 Å². The summed E-state index contributed by atoms with van der Waals surface area (Å²) in [6, 6.07) is 9.65. The molecule has 4 heteroatoms. The van der Waals surface area contributed by atoms with E-state index in [2.05, 4.69) is 4.57 Å². The van der Waals surface area contributed by atoms with Crippen LogP contribution in [0.3, 0.4) is 0 Å². The van der Waals surface area contributed by atoms with Crippen LogP contribution in [-0.4, -0.2) is 15.7 Å². The van der Waals surface area contributed by atoms with Crippen molar-refractivity contribution in [1.29, 1.82) is 0 Å². The summed E-state index contributed by atoms with van der Waals surface area (Å²) >= 11 is 11.9. The highest BCUT2D eigenvalue weighted by atomic mass is 35.5. The zero-order valence-electron chi connectivity index (χ0n) is 11.8. The second kappa shape index (κ2) is 6.02. The van der Waals surface area contributed by atoms with Crippen molar-refractivity contribution < 1.29 is 4.79 Å². The van der Waals surface area contributed by atoms with E-state index in [1.165, 1.54) is 0 Å². The van der Waals surface area contributed by atoms with E-state index in [9.17, 15) is 4.79 Å². The van der Waals surface area contributed by atoms with Gasteiger partial charge in [0.05, 0.1) is 5.38 Å². The summed E-state index contributed by atoms with van der Waals surface area (Å²) in [6.07, 6.45) is 0. The molecule has 106 valence electrons. The third kappa shape index (κ3) is 3.08. The molecule has 1 atom stereocenters. The smallest absolute Gasteiger partial charge is 0.182 e. The predicted molar refractivity (Wildman–Crippen MR) is 84.1 cm³/mol. The molecular weight excluding hydrogens is 293 g/mol. The Hall–Kier alpha value is -1.25. The summed E-state index contributed by atoms with van der Waals surface area (Å²) in [6.45, 7) is 6.34. The number of benzene rings is 1. The van der Waals surface area contributed by atoms with E-state index < -0.39 is 5.38 Å². The van der Waals surface area contributed by atoms with Gasteiger partial charge in [-0.2, -0.15) is 0 Å². The van der Waals surface area contributed by atoms with Crippen molar-refractivity contribution >= 4 is 29.0 Å². The van der Waals surface area contributed by atoms with E-state index in [4.69, 9.17) is 23.2 Å². The lowest BCUT2D eigenvalue weighted by Gasteiger charge is -2.10. The molecule has 0 spiro atoms. The number of halogens is 2. The van der Waals surface area contributed by atoms with Crippen LogP contribution in [0.5, 0.6) is 0 Å². The Labute approximate surface area is 129 Å². The van der Waals surface area contributed by atoms with Crippen LogP contribution in [0.25, 0.3) is 0 Å². The quantitative estimate of drug-likeness (QED) is 0.597. The number of alkyl halides is 1. The number of ketones is 1. The molecule has 1 aromatic carbocycles. The van der Waals surface area contributed by atoms with Crippen molar-refractivity contribution in [2.75, 3.05) is 0 Å². The molecule has 0 aliphatic carbocycles. The zero-order chi connectivity index (χ0) is 14.9. The van der Waals surface area contributed by atoms with E-state index in [1.54, 1.807) is 6.92 Å². The highest BCUT2D eigenvalue weighted by molar-refractivity contribution is 6.33. The molecule has 0 fully saturated rings. The third-order valence-corrected chi connectivity index (χ3v) is 3.86. The predicted octanol–water partition coefficient (Wildman–Crippen LogP) is 4.62. The van der Waals surface area contributed by atoms with E-state index in [0.717, 1.165) is 22.0 Å². The van der Waals surface area contributed by atoms with Crippen LogP contribution in [-0.2, 0) is 6.54 Å². The van der Waals surface area contributed by atoms with Gasteiger partial charge in [0.2, 0.25) is 0 Å². The molecule has 0 saturated carbocycles. The van der Waals surface area contributed by atoms with Gasteiger partial charge in [-0.1, -0.05) is 23.7 Å². The van der Waals surface area contributed by atoms with Gasteiger partial charge in [-0.25, -0.2) is 0 Å². The van der Waals surface area contributed by atoms with Gasteiger partial charge in [0.1, 0.15) is 0 Å². The fourth-order valence-electron chi connectivity index (χ4n) is 2.33. The van der Waals surface area contributed by atoms with Gasteiger partial charge in [0.25, 0.3) is 0 Å². The third-order valence-electron chi connectivity index (χ3n) is 3.43. The van der Waals surface area contributed by atoms with Crippen molar-refractivity contribution in [3.8, 4) is 0 Å². The van der Waals surface area contributed by atoms with Crippen molar-refractivity contribution in [2.45, 2.75) is 32.7 Å². The Kier molecular flexibility index (Phi) is 4.56. The molecule has 1 heterocycles.